The summed E-state index contributed by atoms with van der Waals surface area (Å²) in [4.78, 5) is 31.5. The van der Waals surface area contributed by atoms with Crippen molar-refractivity contribution < 1.29 is 9.53 Å². The van der Waals surface area contributed by atoms with Gasteiger partial charge in [0.2, 0.25) is 5.91 Å². The van der Waals surface area contributed by atoms with Gasteiger partial charge in [-0.15, -0.1) is 11.8 Å². The number of hydrogen-bond donors (Lipinski definition) is 1. The molecule has 1 amide bonds. The van der Waals surface area contributed by atoms with E-state index in [2.05, 4.69) is 31.3 Å². The molecule has 2 heterocycles. The van der Waals surface area contributed by atoms with Crippen LogP contribution < -0.4 is 15.6 Å². The lowest BCUT2D eigenvalue weighted by atomic mass is 10.1. The Hall–Kier alpha value is -2.71. The molecule has 2 aromatic carbocycles. The molecule has 1 N–H and O–H groups in total. The molecule has 0 saturated carbocycles. The molecule has 34 heavy (non-hydrogen) atoms. The average Bonchev–Trinajstić information content (AvgIpc) is 3.23. The van der Waals surface area contributed by atoms with Crippen LogP contribution in [0.3, 0.4) is 0 Å². The summed E-state index contributed by atoms with van der Waals surface area (Å²) in [5.74, 6) is 0.732. The molecule has 1 aliphatic rings. The van der Waals surface area contributed by atoms with Gasteiger partial charge in [-0.3, -0.25) is 14.2 Å². The van der Waals surface area contributed by atoms with E-state index in [0.29, 0.717) is 26.7 Å². The summed E-state index contributed by atoms with van der Waals surface area (Å²) in [6, 6.07) is 15.3. The van der Waals surface area contributed by atoms with Crippen molar-refractivity contribution in [3.05, 3.63) is 70.1 Å². The Morgan fingerprint density at radius 2 is 1.94 bits per heavy atom. The summed E-state index contributed by atoms with van der Waals surface area (Å²) >= 11 is 2.84. The third-order valence-electron chi connectivity index (χ3n) is 5.60. The maximum atomic E-state index is 13.4. The van der Waals surface area contributed by atoms with Gasteiger partial charge in [-0.05, 0) is 54.8 Å². The summed E-state index contributed by atoms with van der Waals surface area (Å²) in [7, 11) is 1.61. The molecule has 4 rings (SSSR count). The number of methoxy groups -OCH3 is 1. The number of thioether (sulfide) groups is 2. The summed E-state index contributed by atoms with van der Waals surface area (Å²) in [6.45, 7) is 4.27. The Morgan fingerprint density at radius 1 is 1.21 bits per heavy atom. The van der Waals surface area contributed by atoms with Crippen LogP contribution in [0.1, 0.15) is 37.9 Å². The number of carbonyl (C=O) groups excluding carboxylic acids is 1. The number of aryl methyl sites for hydroxylation is 1. The highest BCUT2D eigenvalue weighted by atomic mass is 32.2. The van der Waals surface area contributed by atoms with E-state index in [9.17, 15) is 9.59 Å². The van der Waals surface area contributed by atoms with E-state index < -0.39 is 0 Å². The van der Waals surface area contributed by atoms with Gasteiger partial charge < -0.3 is 10.1 Å². The molecule has 0 radical (unpaired) electrons. The van der Waals surface area contributed by atoms with Crippen molar-refractivity contribution >= 4 is 35.1 Å². The number of amides is 1. The van der Waals surface area contributed by atoms with Crippen molar-refractivity contribution in [2.24, 2.45) is 0 Å². The summed E-state index contributed by atoms with van der Waals surface area (Å²) in [6.07, 6.45) is 4.11. The van der Waals surface area contributed by atoms with Crippen LogP contribution in [0.2, 0.25) is 0 Å². The maximum absolute atomic E-state index is 13.4. The molecule has 1 atom stereocenters. The van der Waals surface area contributed by atoms with Gasteiger partial charge in [-0.1, -0.05) is 44.2 Å². The normalized spacial score (nSPS) is 14.6. The first-order chi connectivity index (χ1) is 16.5. The molecule has 178 valence electrons. The Balaban J connectivity index is 1.52. The molecule has 6 nitrogen and oxygen atoms in total. The second-order valence-corrected chi connectivity index (χ2v) is 10.7. The molecule has 0 bridgehead atoms. The van der Waals surface area contributed by atoms with E-state index >= 15 is 0 Å². The average molecular weight is 496 g/mol. The number of carbonyl (C=O) groups is 1. The van der Waals surface area contributed by atoms with Crippen LogP contribution >= 0.6 is 23.5 Å². The summed E-state index contributed by atoms with van der Waals surface area (Å²) < 4.78 is 6.85. The molecular formula is C26H29N3O3S2. The molecule has 0 fully saturated rings. The minimum absolute atomic E-state index is 0.0879. The molecule has 8 heteroatoms. The predicted molar refractivity (Wildman–Crippen MR) is 140 cm³/mol. The number of benzene rings is 2. The second-order valence-electron chi connectivity index (χ2n) is 8.28. The Kier molecular flexibility index (Phi) is 8.00. The van der Waals surface area contributed by atoms with Crippen molar-refractivity contribution in [2.75, 3.05) is 18.2 Å². The van der Waals surface area contributed by atoms with Crippen LogP contribution in [-0.2, 0) is 17.6 Å². The van der Waals surface area contributed by atoms with Gasteiger partial charge in [0, 0.05) is 17.4 Å². The number of fused-ring (bicyclic) bond motifs is 1. The quantitative estimate of drug-likeness (QED) is 0.319. The second kappa shape index (κ2) is 11.1. The number of nitrogens with zero attached hydrogens (tertiary/aromatic N) is 2. The Labute approximate surface area is 208 Å². The lowest BCUT2D eigenvalue weighted by molar-refractivity contribution is -0.113. The number of nitrogens with one attached hydrogen (secondary N) is 1. The lowest BCUT2D eigenvalue weighted by Crippen LogP contribution is -2.24. The Morgan fingerprint density at radius 3 is 2.62 bits per heavy atom. The standard InChI is InChI=1S/C26H29N3O3S2/c1-4-5-6-18-7-9-19(10-8-18)27-23(30)16-33-26-28-22-15-17(2)34-24(22)25(31)29(26)20-11-13-21(32-3)14-12-20/h7-14,17H,4-6,15-16H2,1-3H3,(H,27,30). The lowest BCUT2D eigenvalue weighted by Gasteiger charge is -2.14. The summed E-state index contributed by atoms with van der Waals surface area (Å²) in [5, 5.41) is 3.78. The van der Waals surface area contributed by atoms with E-state index in [1.807, 2.05) is 36.4 Å². The topological polar surface area (TPSA) is 73.2 Å². The van der Waals surface area contributed by atoms with Crippen LogP contribution in [0, 0.1) is 0 Å². The molecule has 1 aromatic heterocycles. The van der Waals surface area contributed by atoms with Crippen LogP contribution in [0.4, 0.5) is 5.69 Å². The highest BCUT2D eigenvalue weighted by Gasteiger charge is 2.27. The molecule has 1 unspecified atom stereocenters. The largest absolute Gasteiger partial charge is 0.497 e. The highest BCUT2D eigenvalue weighted by molar-refractivity contribution is 8.00. The molecule has 0 saturated heterocycles. The van der Waals surface area contributed by atoms with Crippen molar-refractivity contribution in [2.45, 2.75) is 54.8 Å². The minimum atomic E-state index is -0.134. The van der Waals surface area contributed by atoms with Crippen molar-refractivity contribution in [3.8, 4) is 11.4 Å². The van der Waals surface area contributed by atoms with Gasteiger partial charge in [0.1, 0.15) is 5.75 Å². The molecule has 1 aliphatic heterocycles. The summed E-state index contributed by atoms with van der Waals surface area (Å²) in [5.41, 5.74) is 3.47. The molecular weight excluding hydrogens is 466 g/mol. The first-order valence-electron chi connectivity index (χ1n) is 11.5. The zero-order chi connectivity index (χ0) is 24.1. The fourth-order valence-electron chi connectivity index (χ4n) is 3.82. The number of aromatic nitrogens is 2. The van der Waals surface area contributed by atoms with E-state index in [1.54, 1.807) is 23.4 Å². The third kappa shape index (κ3) is 5.67. The number of ether oxygens (including phenoxy) is 1. The fourth-order valence-corrected chi connectivity index (χ4v) is 5.74. The molecule has 0 aliphatic carbocycles. The van der Waals surface area contributed by atoms with Crippen molar-refractivity contribution in [3.63, 3.8) is 0 Å². The molecule has 3 aromatic rings. The molecule has 0 spiro atoms. The van der Waals surface area contributed by atoms with Gasteiger partial charge in [0.25, 0.3) is 5.56 Å². The minimum Gasteiger partial charge on any atom is -0.497 e. The van der Waals surface area contributed by atoms with Gasteiger partial charge in [-0.2, -0.15) is 0 Å². The third-order valence-corrected chi connectivity index (χ3v) is 7.75. The first kappa shape index (κ1) is 24.4. The van der Waals surface area contributed by atoms with Crippen LogP contribution in [0.5, 0.6) is 5.75 Å². The van der Waals surface area contributed by atoms with Gasteiger partial charge >= 0.3 is 0 Å². The maximum Gasteiger partial charge on any atom is 0.272 e. The van der Waals surface area contributed by atoms with Crippen molar-refractivity contribution in [1.29, 1.82) is 0 Å². The number of anilines is 1. The van der Waals surface area contributed by atoms with Gasteiger partial charge in [0.15, 0.2) is 5.16 Å². The van der Waals surface area contributed by atoms with Crippen LogP contribution in [-0.4, -0.2) is 33.6 Å². The predicted octanol–water partition coefficient (Wildman–Crippen LogP) is 5.35. The van der Waals surface area contributed by atoms with E-state index in [4.69, 9.17) is 9.72 Å². The van der Waals surface area contributed by atoms with Crippen molar-refractivity contribution in [1.82, 2.24) is 9.55 Å². The van der Waals surface area contributed by atoms with E-state index in [0.717, 1.165) is 37.1 Å². The van der Waals surface area contributed by atoms with Gasteiger partial charge in [-0.25, -0.2) is 4.98 Å². The zero-order valence-corrected chi connectivity index (χ0v) is 21.3. The monoisotopic (exact) mass is 495 g/mol. The van der Waals surface area contributed by atoms with E-state index in [1.165, 1.54) is 17.3 Å². The van der Waals surface area contributed by atoms with Crippen LogP contribution in [0.25, 0.3) is 5.69 Å². The highest BCUT2D eigenvalue weighted by Crippen LogP contribution is 2.35. The van der Waals surface area contributed by atoms with Gasteiger partial charge in [0.05, 0.1) is 29.1 Å². The fraction of sp³-hybridized carbons (Fsp3) is 0.346. The zero-order valence-electron chi connectivity index (χ0n) is 19.7. The van der Waals surface area contributed by atoms with Crippen LogP contribution in [0.15, 0.2) is 63.4 Å². The van der Waals surface area contributed by atoms with E-state index in [-0.39, 0.29) is 17.2 Å². The number of unbranched alkanes of at least 4 members (excludes halogenated alkanes) is 1. The smallest absolute Gasteiger partial charge is 0.272 e. The first-order valence-corrected chi connectivity index (χ1v) is 13.3. The Bertz CT molecular complexity index is 1210. The SMILES string of the molecule is CCCCc1ccc(NC(=O)CSc2nc3c(c(=O)n2-c2ccc(OC)cc2)SC(C)C3)cc1. The number of hydrogen-bond acceptors (Lipinski definition) is 6. The number of rotatable bonds is 9.